The lowest BCUT2D eigenvalue weighted by atomic mass is 10.0. The van der Waals surface area contributed by atoms with E-state index in [4.69, 9.17) is 4.74 Å². The summed E-state index contributed by atoms with van der Waals surface area (Å²) in [5.41, 5.74) is 4.00. The van der Waals surface area contributed by atoms with Gasteiger partial charge in [0.05, 0.1) is 22.0 Å². The smallest absolute Gasteiger partial charge is 0.387 e. The van der Waals surface area contributed by atoms with Crippen LogP contribution in [0.5, 0.6) is 5.75 Å². The molecule has 0 saturated carbocycles. The van der Waals surface area contributed by atoms with E-state index in [0.29, 0.717) is 18.1 Å². The first-order chi connectivity index (χ1) is 15.3. The zero-order valence-corrected chi connectivity index (χ0v) is 17.8. The number of rotatable bonds is 5. The molecule has 0 aliphatic carbocycles. The van der Waals surface area contributed by atoms with Gasteiger partial charge < -0.3 is 14.6 Å². The quantitative estimate of drug-likeness (QED) is 0.471. The lowest BCUT2D eigenvalue weighted by molar-refractivity contribution is -0.0506. The molecule has 1 aliphatic rings. The normalized spacial score (nSPS) is 15.7. The average Bonchev–Trinajstić information content (AvgIpc) is 3.32. The molecule has 0 spiro atoms. The van der Waals surface area contributed by atoms with Crippen LogP contribution in [0.25, 0.3) is 22.2 Å². The van der Waals surface area contributed by atoms with Crippen LogP contribution in [0.2, 0.25) is 0 Å². The number of benzene rings is 3. The van der Waals surface area contributed by atoms with Crippen LogP contribution >= 0.6 is 0 Å². The van der Waals surface area contributed by atoms with Crippen molar-refractivity contribution in [1.82, 2.24) is 9.55 Å². The highest BCUT2D eigenvalue weighted by Crippen LogP contribution is 2.38. The maximum absolute atomic E-state index is 12.9. The van der Waals surface area contributed by atoms with Crippen molar-refractivity contribution >= 4 is 26.8 Å². The Balaban J connectivity index is 1.59. The van der Waals surface area contributed by atoms with Crippen molar-refractivity contribution in [2.24, 2.45) is 0 Å². The van der Waals surface area contributed by atoms with E-state index >= 15 is 0 Å². The summed E-state index contributed by atoms with van der Waals surface area (Å²) < 4.78 is 56.1. The number of para-hydroxylation sites is 1. The number of hydrogen-bond acceptors (Lipinski definition) is 5. The van der Waals surface area contributed by atoms with Gasteiger partial charge in [-0.1, -0.05) is 36.4 Å². The SMILES string of the molecule is CS(=O)(=O)c1ccc(-c2ccc3nc4n(c3c2)[C@H](c2ccccc2OC(F)F)CN4)cc1. The number of halogens is 2. The predicted molar refractivity (Wildman–Crippen MR) is 118 cm³/mol. The minimum atomic E-state index is -3.27. The standard InChI is InChI=1S/C23H19F2N3O3S/c1-32(29,30)16-9-6-14(7-10-16)15-8-11-18-19(12-15)28-20(13-26-23(28)27-18)17-4-2-3-5-21(17)31-22(24)25/h2-12,20,22H,13H2,1H3,(H,26,27)/t20-/m0/s1. The molecule has 164 valence electrons. The average molecular weight is 455 g/mol. The summed E-state index contributed by atoms with van der Waals surface area (Å²) in [6.45, 7) is -2.42. The highest BCUT2D eigenvalue weighted by molar-refractivity contribution is 7.90. The van der Waals surface area contributed by atoms with Crippen LogP contribution in [-0.2, 0) is 9.84 Å². The third-order valence-electron chi connectivity index (χ3n) is 5.56. The molecule has 2 heterocycles. The summed E-state index contributed by atoms with van der Waals surface area (Å²) in [4.78, 5) is 4.88. The summed E-state index contributed by atoms with van der Waals surface area (Å²) in [5.74, 6) is 0.790. The number of sulfone groups is 1. The molecule has 4 aromatic rings. The molecular weight excluding hydrogens is 436 g/mol. The Kier molecular flexibility index (Phi) is 4.85. The Morgan fingerprint density at radius 2 is 1.78 bits per heavy atom. The molecule has 32 heavy (non-hydrogen) atoms. The molecule has 0 amide bonds. The number of ether oxygens (including phenoxy) is 1. The molecule has 0 radical (unpaired) electrons. The van der Waals surface area contributed by atoms with Crippen LogP contribution in [0.4, 0.5) is 14.7 Å². The lowest BCUT2D eigenvalue weighted by Gasteiger charge is -2.18. The van der Waals surface area contributed by atoms with Gasteiger partial charge in [0, 0.05) is 18.4 Å². The second-order valence-corrected chi connectivity index (χ2v) is 9.63. The summed E-state index contributed by atoms with van der Waals surface area (Å²) in [5, 5.41) is 3.24. The first kappa shape index (κ1) is 20.4. The Labute approximate surface area is 183 Å². The number of alkyl halides is 2. The lowest BCUT2D eigenvalue weighted by Crippen LogP contribution is -2.13. The van der Waals surface area contributed by atoms with Crippen molar-refractivity contribution in [3.05, 3.63) is 72.3 Å². The van der Waals surface area contributed by atoms with Gasteiger partial charge in [0.1, 0.15) is 5.75 Å². The highest BCUT2D eigenvalue weighted by atomic mass is 32.2. The van der Waals surface area contributed by atoms with E-state index in [2.05, 4.69) is 10.3 Å². The van der Waals surface area contributed by atoms with Crippen molar-refractivity contribution in [2.45, 2.75) is 17.5 Å². The van der Waals surface area contributed by atoms with Crippen molar-refractivity contribution in [3.63, 3.8) is 0 Å². The molecular formula is C23H19F2N3O3S. The Hall–Kier alpha value is -3.46. The van der Waals surface area contributed by atoms with Gasteiger partial charge in [-0.3, -0.25) is 0 Å². The number of nitrogens with one attached hydrogen (secondary N) is 1. The molecule has 1 N–H and O–H groups in total. The molecule has 5 rings (SSSR count). The fourth-order valence-corrected chi connectivity index (χ4v) is 4.73. The molecule has 0 bridgehead atoms. The Morgan fingerprint density at radius 1 is 1.06 bits per heavy atom. The summed E-state index contributed by atoms with van der Waals surface area (Å²) in [6, 6.07) is 19.0. The fraction of sp³-hybridized carbons (Fsp3) is 0.174. The van der Waals surface area contributed by atoms with E-state index in [1.807, 2.05) is 22.8 Å². The van der Waals surface area contributed by atoms with Gasteiger partial charge in [0.15, 0.2) is 9.84 Å². The van der Waals surface area contributed by atoms with Gasteiger partial charge >= 0.3 is 6.61 Å². The van der Waals surface area contributed by atoms with E-state index in [1.165, 1.54) is 12.3 Å². The Morgan fingerprint density at radius 3 is 2.50 bits per heavy atom. The largest absolute Gasteiger partial charge is 0.434 e. The van der Waals surface area contributed by atoms with Gasteiger partial charge in [0.25, 0.3) is 0 Å². The van der Waals surface area contributed by atoms with E-state index in [-0.39, 0.29) is 16.7 Å². The molecule has 1 atom stereocenters. The number of nitrogens with zero attached hydrogens (tertiary/aromatic N) is 2. The van der Waals surface area contributed by atoms with E-state index in [1.54, 1.807) is 42.5 Å². The molecule has 9 heteroatoms. The molecule has 1 aromatic heterocycles. The maximum atomic E-state index is 12.9. The van der Waals surface area contributed by atoms with Crippen LogP contribution in [0.3, 0.4) is 0 Å². The zero-order chi connectivity index (χ0) is 22.5. The Bertz CT molecular complexity index is 1420. The number of aromatic nitrogens is 2. The van der Waals surface area contributed by atoms with Crippen molar-refractivity contribution in [2.75, 3.05) is 18.1 Å². The van der Waals surface area contributed by atoms with Gasteiger partial charge in [-0.05, 0) is 41.5 Å². The van der Waals surface area contributed by atoms with Gasteiger partial charge in [-0.25, -0.2) is 13.4 Å². The minimum absolute atomic E-state index is 0.136. The number of fused-ring (bicyclic) bond motifs is 3. The molecule has 0 saturated heterocycles. The summed E-state index contributed by atoms with van der Waals surface area (Å²) in [6.07, 6.45) is 1.17. The van der Waals surface area contributed by atoms with Gasteiger partial charge in [0.2, 0.25) is 5.95 Å². The minimum Gasteiger partial charge on any atom is -0.434 e. The second kappa shape index (κ2) is 7.59. The monoisotopic (exact) mass is 455 g/mol. The summed E-state index contributed by atoms with van der Waals surface area (Å²) in [7, 11) is -3.27. The van der Waals surface area contributed by atoms with Crippen LogP contribution in [0.1, 0.15) is 11.6 Å². The zero-order valence-electron chi connectivity index (χ0n) is 17.0. The third kappa shape index (κ3) is 3.58. The van der Waals surface area contributed by atoms with E-state index in [0.717, 1.165) is 22.2 Å². The van der Waals surface area contributed by atoms with Crippen LogP contribution in [0.15, 0.2) is 71.6 Å². The maximum Gasteiger partial charge on any atom is 0.387 e. The van der Waals surface area contributed by atoms with Crippen molar-refractivity contribution in [3.8, 4) is 16.9 Å². The molecule has 0 fully saturated rings. The van der Waals surface area contributed by atoms with Crippen molar-refractivity contribution < 1.29 is 21.9 Å². The highest BCUT2D eigenvalue weighted by Gasteiger charge is 2.29. The number of hydrogen-bond donors (Lipinski definition) is 1. The second-order valence-electron chi connectivity index (χ2n) is 7.62. The molecule has 1 aliphatic heterocycles. The third-order valence-corrected chi connectivity index (χ3v) is 6.69. The predicted octanol–water partition coefficient (Wildman–Crippen LogP) is 4.72. The van der Waals surface area contributed by atoms with Gasteiger partial charge in [-0.15, -0.1) is 0 Å². The van der Waals surface area contributed by atoms with E-state index in [9.17, 15) is 17.2 Å². The van der Waals surface area contributed by atoms with Crippen LogP contribution in [-0.4, -0.2) is 37.4 Å². The van der Waals surface area contributed by atoms with Crippen LogP contribution in [0, 0.1) is 0 Å². The van der Waals surface area contributed by atoms with Crippen molar-refractivity contribution in [1.29, 1.82) is 0 Å². The fourth-order valence-electron chi connectivity index (χ4n) is 4.09. The first-order valence-corrected chi connectivity index (χ1v) is 11.8. The van der Waals surface area contributed by atoms with Crippen LogP contribution < -0.4 is 10.1 Å². The molecule has 0 unspecified atom stereocenters. The summed E-state index contributed by atoms with van der Waals surface area (Å²) >= 11 is 0. The number of anilines is 1. The molecule has 3 aromatic carbocycles. The number of imidazole rings is 1. The van der Waals surface area contributed by atoms with E-state index < -0.39 is 16.4 Å². The topological polar surface area (TPSA) is 73.2 Å². The molecule has 6 nitrogen and oxygen atoms in total. The first-order valence-electron chi connectivity index (χ1n) is 9.91. The van der Waals surface area contributed by atoms with Gasteiger partial charge in [-0.2, -0.15) is 8.78 Å².